The topological polar surface area (TPSA) is 83.9 Å². The molecule has 0 aromatic heterocycles. The Balaban J connectivity index is 1.08. The zero-order chi connectivity index (χ0) is 30.3. The first-order valence-corrected chi connectivity index (χ1v) is 16.7. The molecule has 9 nitrogen and oxygen atoms in total. The number of methoxy groups -OCH3 is 1. The third kappa shape index (κ3) is 7.61. The molecular weight excluding hydrogens is 558 g/mol. The molecular formula is C35H49N3O6. The summed E-state index contributed by atoms with van der Waals surface area (Å²) < 4.78 is 24.1. The molecule has 44 heavy (non-hydrogen) atoms. The molecule has 2 aromatic rings. The summed E-state index contributed by atoms with van der Waals surface area (Å²) in [5.74, 6) is 1.92. The fraction of sp³-hybridized carbons (Fsp3) is 0.629. The number of rotatable bonds is 11. The molecule has 0 spiro atoms. The summed E-state index contributed by atoms with van der Waals surface area (Å²) in [6, 6.07) is 15.4. The van der Waals surface area contributed by atoms with Gasteiger partial charge in [-0.1, -0.05) is 37.5 Å². The van der Waals surface area contributed by atoms with Gasteiger partial charge in [0, 0.05) is 51.9 Å². The van der Waals surface area contributed by atoms with E-state index < -0.39 is 6.09 Å². The van der Waals surface area contributed by atoms with Gasteiger partial charge in [-0.15, -0.1) is 0 Å². The largest absolute Gasteiger partial charge is 0.490 e. The monoisotopic (exact) mass is 607 g/mol. The van der Waals surface area contributed by atoms with Crippen molar-refractivity contribution >= 4 is 11.8 Å². The van der Waals surface area contributed by atoms with E-state index in [4.69, 9.17) is 18.9 Å². The molecule has 1 aliphatic carbocycles. The first kappa shape index (κ1) is 31.0. The van der Waals surface area contributed by atoms with Gasteiger partial charge in [0.25, 0.3) is 0 Å². The Hall–Kier alpha value is -3.01. The predicted molar refractivity (Wildman–Crippen MR) is 170 cm³/mol. The molecule has 3 aliphatic heterocycles. The van der Waals surface area contributed by atoms with E-state index in [1.54, 1.807) is 7.11 Å². The number of likely N-dealkylation sites (tertiary alicyclic amines) is 2. The second-order valence-corrected chi connectivity index (χ2v) is 12.8. The van der Waals surface area contributed by atoms with Gasteiger partial charge in [-0.05, 0) is 67.5 Å². The summed E-state index contributed by atoms with van der Waals surface area (Å²) in [6.07, 6.45) is 8.65. The van der Waals surface area contributed by atoms with Gasteiger partial charge < -0.3 is 33.9 Å². The molecule has 240 valence electrons. The van der Waals surface area contributed by atoms with Crippen LogP contribution >= 0.6 is 0 Å². The lowest BCUT2D eigenvalue weighted by Gasteiger charge is -2.37. The fourth-order valence-corrected chi connectivity index (χ4v) is 7.50. The number of amides is 1. The van der Waals surface area contributed by atoms with Crippen LogP contribution in [0.1, 0.15) is 68.4 Å². The molecule has 2 aromatic carbocycles. The van der Waals surface area contributed by atoms with E-state index in [1.165, 1.54) is 42.6 Å². The molecule has 3 unspecified atom stereocenters. The second-order valence-electron chi connectivity index (χ2n) is 12.8. The number of nitrogens with zero attached hydrogens (tertiary/aromatic N) is 3. The van der Waals surface area contributed by atoms with Crippen LogP contribution in [0.25, 0.3) is 0 Å². The lowest BCUT2D eigenvalue weighted by atomic mass is 9.87. The first-order valence-electron chi connectivity index (χ1n) is 16.7. The van der Waals surface area contributed by atoms with Gasteiger partial charge >= 0.3 is 6.09 Å². The smallest absolute Gasteiger partial charge is 0.407 e. The number of anilines is 1. The van der Waals surface area contributed by atoms with Gasteiger partial charge in [-0.3, -0.25) is 4.90 Å². The van der Waals surface area contributed by atoms with Crippen LogP contribution in [0.3, 0.4) is 0 Å². The lowest BCUT2D eigenvalue weighted by Crippen LogP contribution is -2.46. The SMILES string of the molecule is COCCCN1CCOc2ccc(COC3CN(C(=O)O)CCC3c3ccc(OC4CCN(C5CCCCC5)C4)cc3)cc21. The predicted octanol–water partition coefficient (Wildman–Crippen LogP) is 5.76. The summed E-state index contributed by atoms with van der Waals surface area (Å²) in [5.41, 5.74) is 3.31. The molecule has 0 bridgehead atoms. The first-order chi connectivity index (χ1) is 21.6. The molecule has 1 amide bonds. The van der Waals surface area contributed by atoms with E-state index in [0.717, 1.165) is 80.8 Å². The quantitative estimate of drug-likeness (QED) is 0.323. The minimum absolute atomic E-state index is 0.111. The maximum Gasteiger partial charge on any atom is 0.407 e. The standard InChI is InChI=1S/C35H49N3O6/c1-41-20-5-16-36-19-21-42-33-13-8-26(22-32(33)36)25-43-34-24-38(35(39)40)18-15-31(34)27-9-11-29(12-10-27)44-30-14-17-37(23-30)28-6-3-2-4-7-28/h8-13,22,28,30-31,34H,2-7,14-21,23-25H2,1H3,(H,39,40). The molecule has 4 aliphatic rings. The number of ether oxygens (including phenoxy) is 4. The van der Waals surface area contributed by atoms with Crippen molar-refractivity contribution < 1.29 is 28.8 Å². The number of carbonyl (C=O) groups is 1. The van der Waals surface area contributed by atoms with E-state index in [1.807, 2.05) is 6.07 Å². The molecule has 6 rings (SSSR count). The Morgan fingerprint density at radius 2 is 1.82 bits per heavy atom. The van der Waals surface area contributed by atoms with Crippen molar-refractivity contribution in [1.82, 2.24) is 9.80 Å². The maximum atomic E-state index is 11.9. The van der Waals surface area contributed by atoms with Crippen LogP contribution in [0, 0.1) is 0 Å². The van der Waals surface area contributed by atoms with Crippen molar-refractivity contribution in [3.63, 3.8) is 0 Å². The van der Waals surface area contributed by atoms with Gasteiger partial charge in [0.1, 0.15) is 24.2 Å². The summed E-state index contributed by atoms with van der Waals surface area (Å²) in [4.78, 5) is 18.3. The van der Waals surface area contributed by atoms with Crippen molar-refractivity contribution in [1.29, 1.82) is 0 Å². The number of hydrogen-bond acceptors (Lipinski definition) is 7. The molecule has 3 atom stereocenters. The highest BCUT2D eigenvalue weighted by Gasteiger charge is 2.34. The molecule has 2 saturated heterocycles. The summed E-state index contributed by atoms with van der Waals surface area (Å²) in [5, 5.41) is 9.74. The molecule has 9 heteroatoms. The normalized spacial score (nSPS) is 24.6. The zero-order valence-electron chi connectivity index (χ0n) is 26.2. The Labute approximate surface area is 262 Å². The van der Waals surface area contributed by atoms with Crippen LogP contribution < -0.4 is 14.4 Å². The molecule has 3 fully saturated rings. The fourth-order valence-electron chi connectivity index (χ4n) is 7.50. The second kappa shape index (κ2) is 14.8. The van der Waals surface area contributed by atoms with Crippen molar-refractivity contribution in [3.8, 4) is 11.5 Å². The minimum Gasteiger partial charge on any atom is -0.490 e. The van der Waals surface area contributed by atoms with Gasteiger partial charge in [0.15, 0.2) is 0 Å². The number of carboxylic acid groups (broad SMARTS) is 1. The number of piperidine rings is 1. The van der Waals surface area contributed by atoms with E-state index >= 15 is 0 Å². The van der Waals surface area contributed by atoms with Gasteiger partial charge in [-0.25, -0.2) is 4.79 Å². The highest BCUT2D eigenvalue weighted by atomic mass is 16.5. The molecule has 1 saturated carbocycles. The van der Waals surface area contributed by atoms with Crippen LogP contribution in [0.2, 0.25) is 0 Å². The molecule has 1 N–H and O–H groups in total. The highest BCUT2D eigenvalue weighted by molar-refractivity contribution is 5.65. The van der Waals surface area contributed by atoms with Crippen molar-refractivity contribution in [2.75, 3.05) is 64.5 Å². The Morgan fingerprint density at radius 1 is 0.977 bits per heavy atom. The third-order valence-corrected chi connectivity index (χ3v) is 9.93. The average Bonchev–Trinajstić information content (AvgIpc) is 3.53. The molecule has 3 heterocycles. The Bertz CT molecular complexity index is 1220. The van der Waals surface area contributed by atoms with Crippen LogP contribution in [0.4, 0.5) is 10.5 Å². The van der Waals surface area contributed by atoms with Crippen molar-refractivity contribution in [2.24, 2.45) is 0 Å². The van der Waals surface area contributed by atoms with Gasteiger partial charge in [0.05, 0.1) is 31.5 Å². The Morgan fingerprint density at radius 3 is 2.61 bits per heavy atom. The van der Waals surface area contributed by atoms with E-state index in [9.17, 15) is 9.90 Å². The van der Waals surface area contributed by atoms with Crippen LogP contribution in [-0.4, -0.2) is 98.8 Å². The average molecular weight is 608 g/mol. The highest BCUT2D eigenvalue weighted by Crippen LogP contribution is 2.35. The third-order valence-electron chi connectivity index (χ3n) is 9.93. The summed E-state index contributed by atoms with van der Waals surface area (Å²) in [7, 11) is 1.73. The summed E-state index contributed by atoms with van der Waals surface area (Å²) >= 11 is 0. The van der Waals surface area contributed by atoms with E-state index in [2.05, 4.69) is 46.2 Å². The van der Waals surface area contributed by atoms with Crippen LogP contribution in [0.15, 0.2) is 42.5 Å². The van der Waals surface area contributed by atoms with Crippen LogP contribution in [0.5, 0.6) is 11.5 Å². The van der Waals surface area contributed by atoms with Crippen molar-refractivity contribution in [3.05, 3.63) is 53.6 Å². The van der Waals surface area contributed by atoms with Gasteiger partial charge in [0.2, 0.25) is 0 Å². The van der Waals surface area contributed by atoms with E-state index in [0.29, 0.717) is 26.3 Å². The summed E-state index contributed by atoms with van der Waals surface area (Å²) in [6.45, 7) is 6.59. The number of benzene rings is 2. The minimum atomic E-state index is -0.891. The lowest BCUT2D eigenvalue weighted by molar-refractivity contribution is -0.0199. The van der Waals surface area contributed by atoms with Crippen LogP contribution in [-0.2, 0) is 16.1 Å². The van der Waals surface area contributed by atoms with Gasteiger partial charge in [-0.2, -0.15) is 0 Å². The molecule has 0 radical (unpaired) electrons. The number of hydrogen-bond donors (Lipinski definition) is 1. The zero-order valence-corrected chi connectivity index (χ0v) is 26.2. The number of fused-ring (bicyclic) bond motifs is 1. The van der Waals surface area contributed by atoms with Crippen molar-refractivity contribution in [2.45, 2.75) is 82.1 Å². The van der Waals surface area contributed by atoms with E-state index in [-0.39, 0.29) is 18.1 Å². The Kier molecular flexibility index (Phi) is 10.5. The maximum absolute atomic E-state index is 11.9.